The third-order valence-corrected chi connectivity index (χ3v) is 5.47. The van der Waals surface area contributed by atoms with E-state index in [-0.39, 0.29) is 6.10 Å². The molecule has 3 saturated heterocycles. The van der Waals surface area contributed by atoms with Gasteiger partial charge in [0, 0.05) is 23.9 Å². The van der Waals surface area contributed by atoms with Gasteiger partial charge in [0.1, 0.15) is 6.10 Å². The summed E-state index contributed by atoms with van der Waals surface area (Å²) in [5, 5.41) is 0. The van der Waals surface area contributed by atoms with Crippen molar-refractivity contribution in [2.45, 2.75) is 38.8 Å². The van der Waals surface area contributed by atoms with E-state index in [1.165, 1.54) is 37.1 Å². The second-order valence-electron chi connectivity index (χ2n) is 6.95. The standard InChI is InChI=1S/C20H24N2O/c1-14-3-5-16(6-4-14)18-7-8-19(21-13-18)23-20-15(2)22-11-9-17(20)10-12-22/h3-8,13,15,17,20H,9-12H2,1-2H3. The number of ether oxygens (including phenoxy) is 1. The van der Waals surface area contributed by atoms with E-state index in [1.807, 2.05) is 12.3 Å². The van der Waals surface area contributed by atoms with Crippen LogP contribution in [0.4, 0.5) is 0 Å². The second kappa shape index (κ2) is 5.97. The molecule has 2 atom stereocenters. The highest BCUT2D eigenvalue weighted by atomic mass is 16.5. The van der Waals surface area contributed by atoms with Gasteiger partial charge in [0.2, 0.25) is 5.88 Å². The Kier molecular flexibility index (Phi) is 3.82. The van der Waals surface area contributed by atoms with E-state index in [1.54, 1.807) is 0 Å². The van der Waals surface area contributed by atoms with Crippen molar-refractivity contribution in [2.75, 3.05) is 13.1 Å². The van der Waals surface area contributed by atoms with E-state index >= 15 is 0 Å². The summed E-state index contributed by atoms with van der Waals surface area (Å²) in [5.74, 6) is 1.44. The Bertz CT molecular complexity index is 655. The Labute approximate surface area is 138 Å². The SMILES string of the molecule is Cc1ccc(-c2ccc(OC3C4CCN(CC4)C3C)nc2)cc1. The van der Waals surface area contributed by atoms with Crippen molar-refractivity contribution in [3.05, 3.63) is 48.2 Å². The highest BCUT2D eigenvalue weighted by molar-refractivity contribution is 5.62. The molecule has 2 aromatic rings. The summed E-state index contributed by atoms with van der Waals surface area (Å²) in [4.78, 5) is 7.10. The van der Waals surface area contributed by atoms with Gasteiger partial charge in [-0.3, -0.25) is 4.90 Å². The lowest BCUT2D eigenvalue weighted by molar-refractivity contribution is -0.0525. The van der Waals surface area contributed by atoms with Gasteiger partial charge < -0.3 is 4.74 Å². The number of hydrogen-bond acceptors (Lipinski definition) is 3. The lowest BCUT2D eigenvalue weighted by Crippen LogP contribution is -2.58. The molecule has 3 fully saturated rings. The topological polar surface area (TPSA) is 25.4 Å². The molecule has 5 rings (SSSR count). The molecule has 3 heteroatoms. The lowest BCUT2D eigenvalue weighted by Gasteiger charge is -2.49. The molecule has 0 saturated carbocycles. The minimum atomic E-state index is 0.287. The first kappa shape index (κ1) is 14.7. The number of pyridine rings is 1. The van der Waals surface area contributed by atoms with Gasteiger partial charge in [-0.2, -0.15) is 0 Å². The third-order valence-electron chi connectivity index (χ3n) is 5.47. The van der Waals surface area contributed by atoms with Crippen LogP contribution in [-0.2, 0) is 0 Å². The maximum Gasteiger partial charge on any atom is 0.213 e. The number of hydrogen-bond donors (Lipinski definition) is 0. The monoisotopic (exact) mass is 308 g/mol. The molecule has 0 radical (unpaired) electrons. The zero-order chi connectivity index (χ0) is 15.8. The summed E-state index contributed by atoms with van der Waals surface area (Å²) in [6, 6.07) is 13.2. The van der Waals surface area contributed by atoms with Crippen molar-refractivity contribution < 1.29 is 4.74 Å². The fourth-order valence-electron chi connectivity index (χ4n) is 3.96. The van der Waals surface area contributed by atoms with Crippen molar-refractivity contribution in [1.82, 2.24) is 9.88 Å². The molecule has 1 aromatic carbocycles. The lowest BCUT2D eigenvalue weighted by atomic mass is 9.81. The maximum atomic E-state index is 6.26. The van der Waals surface area contributed by atoms with Gasteiger partial charge in [-0.1, -0.05) is 29.8 Å². The van der Waals surface area contributed by atoms with E-state index in [0.29, 0.717) is 12.0 Å². The smallest absolute Gasteiger partial charge is 0.213 e. The largest absolute Gasteiger partial charge is 0.472 e. The van der Waals surface area contributed by atoms with Crippen molar-refractivity contribution in [3.8, 4) is 17.0 Å². The average Bonchev–Trinajstić information content (AvgIpc) is 2.60. The van der Waals surface area contributed by atoms with E-state index < -0.39 is 0 Å². The van der Waals surface area contributed by atoms with Gasteiger partial charge >= 0.3 is 0 Å². The van der Waals surface area contributed by atoms with Gasteiger partial charge in [-0.25, -0.2) is 4.98 Å². The van der Waals surface area contributed by atoms with Gasteiger partial charge in [0.05, 0.1) is 0 Å². The van der Waals surface area contributed by atoms with Crippen molar-refractivity contribution in [1.29, 1.82) is 0 Å². The Morgan fingerprint density at radius 3 is 2.30 bits per heavy atom. The van der Waals surface area contributed by atoms with Crippen LogP contribution in [-0.4, -0.2) is 35.1 Å². The normalized spacial score (nSPS) is 29.5. The van der Waals surface area contributed by atoms with Crippen LogP contribution >= 0.6 is 0 Å². The molecule has 3 aliphatic heterocycles. The zero-order valence-corrected chi connectivity index (χ0v) is 13.9. The summed E-state index contributed by atoms with van der Waals surface area (Å²) >= 11 is 0. The van der Waals surface area contributed by atoms with Crippen molar-refractivity contribution in [2.24, 2.45) is 5.92 Å². The minimum absolute atomic E-state index is 0.287. The van der Waals surface area contributed by atoms with E-state index in [0.717, 1.165) is 11.4 Å². The van der Waals surface area contributed by atoms with Crippen LogP contribution in [0, 0.1) is 12.8 Å². The Hall–Kier alpha value is -1.87. The minimum Gasteiger partial charge on any atom is -0.472 e. The number of aryl methyl sites for hydroxylation is 1. The van der Waals surface area contributed by atoms with Gasteiger partial charge in [-0.15, -0.1) is 0 Å². The van der Waals surface area contributed by atoms with Gasteiger partial charge in [-0.05, 0) is 57.3 Å². The maximum absolute atomic E-state index is 6.26. The molecular formula is C20H24N2O. The van der Waals surface area contributed by atoms with Crippen molar-refractivity contribution in [3.63, 3.8) is 0 Å². The molecule has 0 amide bonds. The van der Waals surface area contributed by atoms with Crippen LogP contribution in [0.5, 0.6) is 5.88 Å². The van der Waals surface area contributed by atoms with Crippen LogP contribution in [0.1, 0.15) is 25.3 Å². The molecule has 3 aliphatic rings. The summed E-state index contributed by atoms with van der Waals surface area (Å²) < 4.78 is 6.26. The molecule has 0 aliphatic carbocycles. The Morgan fingerprint density at radius 2 is 1.70 bits per heavy atom. The second-order valence-corrected chi connectivity index (χ2v) is 6.95. The highest BCUT2D eigenvalue weighted by Gasteiger charge is 2.41. The molecule has 0 N–H and O–H groups in total. The van der Waals surface area contributed by atoms with Crippen LogP contribution in [0.15, 0.2) is 42.6 Å². The first-order chi connectivity index (χ1) is 11.2. The average molecular weight is 308 g/mol. The third kappa shape index (κ3) is 2.86. The van der Waals surface area contributed by atoms with Crippen LogP contribution in [0.3, 0.4) is 0 Å². The predicted molar refractivity (Wildman–Crippen MR) is 92.6 cm³/mol. The Morgan fingerprint density at radius 1 is 1.00 bits per heavy atom. The van der Waals surface area contributed by atoms with Crippen LogP contribution in [0.2, 0.25) is 0 Å². The molecule has 1 aromatic heterocycles. The summed E-state index contributed by atoms with van der Waals surface area (Å²) in [7, 11) is 0. The van der Waals surface area contributed by atoms with Gasteiger partial charge in [0.15, 0.2) is 0 Å². The quantitative estimate of drug-likeness (QED) is 0.859. The first-order valence-corrected chi connectivity index (χ1v) is 8.64. The number of aromatic nitrogens is 1. The van der Waals surface area contributed by atoms with E-state index in [4.69, 9.17) is 4.74 Å². The summed E-state index contributed by atoms with van der Waals surface area (Å²) in [6.45, 7) is 6.85. The summed E-state index contributed by atoms with van der Waals surface area (Å²) in [6.07, 6.45) is 4.73. The molecule has 2 unspecified atom stereocenters. The molecular weight excluding hydrogens is 284 g/mol. The summed E-state index contributed by atoms with van der Waals surface area (Å²) in [5.41, 5.74) is 3.61. The number of benzene rings is 1. The Balaban J connectivity index is 1.49. The first-order valence-electron chi connectivity index (χ1n) is 8.64. The van der Waals surface area contributed by atoms with E-state index in [2.05, 4.69) is 54.1 Å². The molecule has 120 valence electrons. The zero-order valence-electron chi connectivity index (χ0n) is 13.9. The van der Waals surface area contributed by atoms with Crippen LogP contribution < -0.4 is 4.74 Å². The highest BCUT2D eigenvalue weighted by Crippen LogP contribution is 2.34. The number of nitrogens with zero attached hydrogens (tertiary/aromatic N) is 2. The molecule has 2 bridgehead atoms. The van der Waals surface area contributed by atoms with Crippen LogP contribution in [0.25, 0.3) is 11.1 Å². The fraction of sp³-hybridized carbons (Fsp3) is 0.450. The molecule has 0 spiro atoms. The molecule has 4 heterocycles. The fourth-order valence-corrected chi connectivity index (χ4v) is 3.96. The van der Waals surface area contributed by atoms with E-state index in [9.17, 15) is 0 Å². The molecule has 23 heavy (non-hydrogen) atoms. The number of piperidine rings is 3. The molecule has 3 nitrogen and oxygen atoms in total. The van der Waals surface area contributed by atoms with Crippen molar-refractivity contribution >= 4 is 0 Å². The number of fused-ring (bicyclic) bond motifs is 3. The predicted octanol–water partition coefficient (Wildman–Crippen LogP) is 3.92. The van der Waals surface area contributed by atoms with Gasteiger partial charge in [0.25, 0.3) is 0 Å². The number of rotatable bonds is 3.